The molecule has 1 aromatic rings. The predicted molar refractivity (Wildman–Crippen MR) is 74.3 cm³/mol. The Labute approximate surface area is 121 Å². The van der Waals surface area contributed by atoms with Gasteiger partial charge in [-0.1, -0.05) is 13.0 Å². The molecule has 0 spiro atoms. The molecule has 1 aromatic carbocycles. The first kappa shape index (κ1) is 17.3. The van der Waals surface area contributed by atoms with E-state index in [1.165, 1.54) is 24.1 Å². The number of hydrogen-bond donors (Lipinski definition) is 2. The number of hydrogen-bond acceptors (Lipinski definition) is 3. The average Bonchev–Trinajstić information content (AvgIpc) is 2.44. The molecule has 2 N–H and O–H groups in total. The van der Waals surface area contributed by atoms with E-state index in [-0.39, 0.29) is 24.4 Å². The molecule has 0 fully saturated rings. The molecule has 1 rings (SSSR count). The van der Waals surface area contributed by atoms with Crippen molar-refractivity contribution in [1.29, 1.82) is 0 Å². The van der Waals surface area contributed by atoms with Crippen LogP contribution in [0.3, 0.4) is 0 Å². The normalized spacial score (nSPS) is 11.3. The van der Waals surface area contributed by atoms with Gasteiger partial charge in [0.05, 0.1) is 23.4 Å². The molecule has 0 atom stereocenters. The summed E-state index contributed by atoms with van der Waals surface area (Å²) < 4.78 is 38.9. The van der Waals surface area contributed by atoms with Crippen molar-refractivity contribution >= 4 is 11.6 Å². The van der Waals surface area contributed by atoms with Crippen LogP contribution in [0.15, 0.2) is 18.2 Å². The van der Waals surface area contributed by atoms with Crippen LogP contribution in [0, 0.1) is 0 Å². The molecule has 4 nitrogen and oxygen atoms in total. The highest BCUT2D eigenvalue weighted by Gasteiger charge is 2.35. The summed E-state index contributed by atoms with van der Waals surface area (Å²) in [6.07, 6.45) is -3.89. The Morgan fingerprint density at radius 1 is 1.33 bits per heavy atom. The minimum Gasteiger partial charge on any atom is -0.395 e. The summed E-state index contributed by atoms with van der Waals surface area (Å²) in [6.45, 7) is 2.08. The first-order valence-electron chi connectivity index (χ1n) is 6.64. The smallest absolute Gasteiger partial charge is 0.395 e. The van der Waals surface area contributed by atoms with Gasteiger partial charge in [0.1, 0.15) is 0 Å². The molecule has 0 aliphatic carbocycles. The van der Waals surface area contributed by atoms with Gasteiger partial charge >= 0.3 is 6.18 Å². The van der Waals surface area contributed by atoms with Crippen molar-refractivity contribution in [2.75, 3.05) is 32.1 Å². The first-order valence-corrected chi connectivity index (χ1v) is 6.64. The van der Waals surface area contributed by atoms with Gasteiger partial charge in [0, 0.05) is 20.1 Å². The number of halogens is 3. The number of carbonyl (C=O) groups excluding carboxylic acids is 1. The number of rotatable bonds is 6. The third-order valence-corrected chi connectivity index (χ3v) is 3.00. The Bertz CT molecular complexity index is 484. The minimum atomic E-state index is -4.54. The molecule has 0 saturated heterocycles. The molecule has 0 saturated carbocycles. The highest BCUT2D eigenvalue weighted by molar-refractivity contribution is 6.00. The van der Waals surface area contributed by atoms with E-state index in [0.29, 0.717) is 13.0 Å². The van der Waals surface area contributed by atoms with Crippen LogP contribution in [0.2, 0.25) is 0 Å². The molecule has 118 valence electrons. The number of para-hydroxylation sites is 1. The number of aliphatic hydroxyl groups is 1. The maximum Gasteiger partial charge on any atom is 0.418 e. The summed E-state index contributed by atoms with van der Waals surface area (Å²) >= 11 is 0. The van der Waals surface area contributed by atoms with Crippen LogP contribution in [0.5, 0.6) is 0 Å². The Morgan fingerprint density at radius 2 is 2.00 bits per heavy atom. The highest BCUT2D eigenvalue weighted by atomic mass is 19.4. The van der Waals surface area contributed by atoms with Gasteiger partial charge in [-0.05, 0) is 18.6 Å². The van der Waals surface area contributed by atoms with Gasteiger partial charge in [-0.15, -0.1) is 0 Å². The number of anilines is 1. The monoisotopic (exact) mass is 304 g/mol. The van der Waals surface area contributed by atoms with Gasteiger partial charge in [0.15, 0.2) is 0 Å². The lowest BCUT2D eigenvalue weighted by molar-refractivity contribution is -0.136. The van der Waals surface area contributed by atoms with Crippen LogP contribution in [0.25, 0.3) is 0 Å². The minimum absolute atomic E-state index is 0.0470. The molecule has 0 aliphatic heterocycles. The lowest BCUT2D eigenvalue weighted by atomic mass is 10.0. The predicted octanol–water partition coefficient (Wildman–Crippen LogP) is 2.59. The zero-order valence-corrected chi connectivity index (χ0v) is 12.0. The molecule has 1 amide bonds. The van der Waals surface area contributed by atoms with E-state index in [9.17, 15) is 18.0 Å². The number of benzene rings is 1. The Balaban J connectivity index is 3.26. The number of nitrogens with zero attached hydrogens (tertiary/aromatic N) is 1. The molecule has 0 heterocycles. The standard InChI is InChI=1S/C14H19F3N2O2/c1-3-7-19(8-9-20)13(21)10-5-4-6-11(12(10)18-2)14(15,16)17/h4-6,18,20H,3,7-9H2,1-2H3. The van der Waals surface area contributed by atoms with E-state index >= 15 is 0 Å². The van der Waals surface area contributed by atoms with Crippen molar-refractivity contribution in [2.45, 2.75) is 19.5 Å². The highest BCUT2D eigenvalue weighted by Crippen LogP contribution is 2.36. The number of carbonyl (C=O) groups is 1. The summed E-state index contributed by atoms with van der Waals surface area (Å²) in [5.41, 5.74) is -1.17. The van der Waals surface area contributed by atoms with E-state index in [4.69, 9.17) is 5.11 Å². The molecule has 21 heavy (non-hydrogen) atoms. The Hall–Kier alpha value is -1.76. The molecule has 0 aliphatic rings. The van der Waals surface area contributed by atoms with Crippen LogP contribution in [0.4, 0.5) is 18.9 Å². The molecule has 7 heteroatoms. The van der Waals surface area contributed by atoms with Crippen molar-refractivity contribution < 1.29 is 23.1 Å². The van der Waals surface area contributed by atoms with Crippen molar-refractivity contribution in [3.8, 4) is 0 Å². The van der Waals surface area contributed by atoms with Gasteiger partial charge in [-0.3, -0.25) is 4.79 Å². The van der Waals surface area contributed by atoms with Crippen LogP contribution in [-0.2, 0) is 6.18 Å². The Morgan fingerprint density at radius 3 is 2.48 bits per heavy atom. The first-order chi connectivity index (χ1) is 9.86. The van der Waals surface area contributed by atoms with E-state index in [2.05, 4.69) is 5.32 Å². The second kappa shape index (κ2) is 7.31. The average molecular weight is 304 g/mol. The van der Waals surface area contributed by atoms with Crippen LogP contribution in [-0.4, -0.2) is 42.7 Å². The quantitative estimate of drug-likeness (QED) is 0.849. The molecule has 0 aromatic heterocycles. The lowest BCUT2D eigenvalue weighted by Gasteiger charge is -2.23. The summed E-state index contributed by atoms with van der Waals surface area (Å²) in [7, 11) is 1.34. The van der Waals surface area contributed by atoms with E-state index < -0.39 is 17.6 Å². The molecule has 0 radical (unpaired) electrons. The third kappa shape index (κ3) is 4.10. The van der Waals surface area contributed by atoms with Gasteiger partial charge in [-0.25, -0.2) is 0 Å². The van der Waals surface area contributed by atoms with Gasteiger partial charge < -0.3 is 15.3 Å². The third-order valence-electron chi connectivity index (χ3n) is 3.00. The van der Waals surface area contributed by atoms with Crippen molar-refractivity contribution in [2.24, 2.45) is 0 Å². The fourth-order valence-corrected chi connectivity index (χ4v) is 2.11. The fourth-order valence-electron chi connectivity index (χ4n) is 2.11. The molecule has 0 unspecified atom stereocenters. The zero-order valence-electron chi connectivity index (χ0n) is 12.0. The molecular formula is C14H19F3N2O2. The number of amides is 1. The maximum absolute atomic E-state index is 13.0. The van der Waals surface area contributed by atoms with Gasteiger partial charge in [0.2, 0.25) is 0 Å². The van der Waals surface area contributed by atoms with E-state index in [1.54, 1.807) is 0 Å². The SMILES string of the molecule is CCCN(CCO)C(=O)c1cccc(C(F)(F)F)c1NC. The second-order valence-corrected chi connectivity index (χ2v) is 4.49. The summed E-state index contributed by atoms with van der Waals surface area (Å²) in [4.78, 5) is 13.7. The largest absolute Gasteiger partial charge is 0.418 e. The zero-order chi connectivity index (χ0) is 16.0. The molecular weight excluding hydrogens is 285 g/mol. The van der Waals surface area contributed by atoms with Crippen LogP contribution < -0.4 is 5.32 Å². The fraction of sp³-hybridized carbons (Fsp3) is 0.500. The number of alkyl halides is 3. The lowest BCUT2D eigenvalue weighted by Crippen LogP contribution is -2.35. The van der Waals surface area contributed by atoms with Crippen molar-refractivity contribution in [3.05, 3.63) is 29.3 Å². The number of nitrogens with one attached hydrogen (secondary N) is 1. The number of aliphatic hydroxyl groups excluding tert-OH is 1. The van der Waals surface area contributed by atoms with E-state index in [0.717, 1.165) is 6.07 Å². The molecule has 0 bridgehead atoms. The van der Waals surface area contributed by atoms with Crippen molar-refractivity contribution in [3.63, 3.8) is 0 Å². The Kier molecular flexibility index (Phi) is 6.02. The summed E-state index contributed by atoms with van der Waals surface area (Å²) in [5, 5.41) is 11.4. The van der Waals surface area contributed by atoms with Crippen LogP contribution in [0.1, 0.15) is 29.3 Å². The van der Waals surface area contributed by atoms with E-state index in [1.807, 2.05) is 6.92 Å². The van der Waals surface area contributed by atoms with Crippen LogP contribution >= 0.6 is 0 Å². The summed E-state index contributed by atoms with van der Waals surface area (Å²) in [6, 6.07) is 3.49. The van der Waals surface area contributed by atoms with Gasteiger partial charge in [-0.2, -0.15) is 13.2 Å². The van der Waals surface area contributed by atoms with Gasteiger partial charge in [0.25, 0.3) is 5.91 Å². The topological polar surface area (TPSA) is 52.6 Å². The second-order valence-electron chi connectivity index (χ2n) is 4.49. The maximum atomic E-state index is 13.0. The van der Waals surface area contributed by atoms with Crippen molar-refractivity contribution in [1.82, 2.24) is 4.90 Å². The summed E-state index contributed by atoms with van der Waals surface area (Å²) in [5.74, 6) is -0.527.